The number of hydrogen-bond acceptors (Lipinski definition) is 4. The molecule has 5 heteroatoms. The number of aliphatic hydroxyl groups is 1. The highest BCUT2D eigenvalue weighted by molar-refractivity contribution is 5.23. The summed E-state index contributed by atoms with van der Waals surface area (Å²) in [7, 11) is 0. The molecular weight excluding hydrogens is 264 g/mol. The number of piperidine rings is 2. The van der Waals surface area contributed by atoms with Crippen molar-refractivity contribution in [2.24, 2.45) is 11.3 Å². The van der Waals surface area contributed by atoms with Crippen LogP contribution in [0.1, 0.15) is 36.2 Å². The van der Waals surface area contributed by atoms with Gasteiger partial charge >= 0.3 is 0 Å². The van der Waals surface area contributed by atoms with Crippen LogP contribution in [-0.4, -0.2) is 53.0 Å². The molecule has 2 aliphatic heterocycles. The van der Waals surface area contributed by atoms with E-state index in [0.717, 1.165) is 38.4 Å². The van der Waals surface area contributed by atoms with E-state index in [1.54, 1.807) is 0 Å². The number of aliphatic hydroxyl groups excluding tert-OH is 1. The van der Waals surface area contributed by atoms with Crippen molar-refractivity contribution in [1.29, 1.82) is 0 Å². The van der Waals surface area contributed by atoms with Crippen LogP contribution in [0.15, 0.2) is 0 Å². The van der Waals surface area contributed by atoms with E-state index < -0.39 is 0 Å². The molecule has 0 amide bonds. The Kier molecular flexibility index (Phi) is 4.33. The fraction of sp³-hybridized carbons (Fsp3) is 0.812. The highest BCUT2D eigenvalue weighted by Crippen LogP contribution is 2.43. The Morgan fingerprint density at radius 2 is 2.05 bits per heavy atom. The van der Waals surface area contributed by atoms with Crippen LogP contribution in [-0.2, 0) is 6.54 Å². The monoisotopic (exact) mass is 292 g/mol. The van der Waals surface area contributed by atoms with Gasteiger partial charge in [-0.2, -0.15) is 5.10 Å². The molecule has 0 unspecified atom stereocenters. The second-order valence-corrected chi connectivity index (χ2v) is 6.88. The number of nitrogens with zero attached hydrogens (tertiary/aromatic N) is 2. The van der Waals surface area contributed by atoms with Gasteiger partial charge in [0.05, 0.1) is 5.69 Å². The molecule has 0 saturated carbocycles. The van der Waals surface area contributed by atoms with E-state index in [1.807, 2.05) is 0 Å². The largest absolute Gasteiger partial charge is 0.396 e. The Morgan fingerprint density at radius 1 is 1.29 bits per heavy atom. The van der Waals surface area contributed by atoms with Crippen molar-refractivity contribution in [3.05, 3.63) is 17.0 Å². The minimum atomic E-state index is 0.326. The normalized spacial score (nSPS) is 26.3. The summed E-state index contributed by atoms with van der Waals surface area (Å²) in [4.78, 5) is 2.55. The molecule has 3 rings (SSSR count). The van der Waals surface area contributed by atoms with Crippen molar-refractivity contribution in [3.63, 3.8) is 0 Å². The van der Waals surface area contributed by atoms with Crippen molar-refractivity contribution in [2.75, 3.05) is 32.8 Å². The summed E-state index contributed by atoms with van der Waals surface area (Å²) < 4.78 is 0. The molecule has 2 fully saturated rings. The van der Waals surface area contributed by atoms with Gasteiger partial charge in [0.2, 0.25) is 0 Å². The maximum Gasteiger partial charge on any atom is 0.0639 e. The van der Waals surface area contributed by atoms with E-state index in [0.29, 0.717) is 17.9 Å². The van der Waals surface area contributed by atoms with E-state index in [4.69, 9.17) is 0 Å². The second-order valence-electron chi connectivity index (χ2n) is 6.88. The van der Waals surface area contributed by atoms with Gasteiger partial charge in [-0.05, 0) is 58.2 Å². The summed E-state index contributed by atoms with van der Waals surface area (Å²) >= 11 is 0. The first kappa shape index (κ1) is 15.0. The Bertz CT molecular complexity index is 457. The first-order chi connectivity index (χ1) is 10.1. The molecule has 0 radical (unpaired) electrons. The molecule has 1 atom stereocenters. The van der Waals surface area contributed by atoms with Gasteiger partial charge in [-0.15, -0.1) is 0 Å². The summed E-state index contributed by atoms with van der Waals surface area (Å²) in [6.07, 6.45) is 3.65. The SMILES string of the molecule is Cc1n[nH]c(C)c1CN1CCC2(CCNC[C@@H]2CO)CC1. The second kappa shape index (κ2) is 6.07. The average Bonchev–Trinajstić information content (AvgIpc) is 2.82. The van der Waals surface area contributed by atoms with Crippen molar-refractivity contribution < 1.29 is 5.11 Å². The molecule has 5 nitrogen and oxygen atoms in total. The molecule has 0 aliphatic carbocycles. The standard InChI is InChI=1S/C16H28N4O/c1-12-15(13(2)19-18-12)10-20-7-4-16(5-8-20)3-6-17-9-14(16)11-21/h14,17,21H,3-11H2,1-2H3,(H,18,19)/t14-/m1/s1. The minimum absolute atomic E-state index is 0.326. The summed E-state index contributed by atoms with van der Waals surface area (Å²) in [5.41, 5.74) is 4.05. The Balaban J connectivity index is 1.62. The van der Waals surface area contributed by atoms with Crippen molar-refractivity contribution in [2.45, 2.75) is 39.7 Å². The summed E-state index contributed by atoms with van der Waals surface area (Å²) in [6.45, 7) is 9.89. The van der Waals surface area contributed by atoms with Gasteiger partial charge in [-0.25, -0.2) is 0 Å². The third-order valence-electron chi connectivity index (χ3n) is 5.79. The lowest BCUT2D eigenvalue weighted by Gasteiger charge is -2.49. The molecule has 2 aliphatic rings. The zero-order valence-electron chi connectivity index (χ0n) is 13.3. The summed E-state index contributed by atoms with van der Waals surface area (Å²) in [6, 6.07) is 0. The van der Waals surface area contributed by atoms with Crippen LogP contribution in [0.5, 0.6) is 0 Å². The van der Waals surface area contributed by atoms with E-state index >= 15 is 0 Å². The number of hydrogen-bond donors (Lipinski definition) is 3. The van der Waals surface area contributed by atoms with Gasteiger partial charge in [-0.1, -0.05) is 0 Å². The topological polar surface area (TPSA) is 64.2 Å². The highest BCUT2D eigenvalue weighted by Gasteiger charge is 2.42. The summed E-state index contributed by atoms with van der Waals surface area (Å²) in [5, 5.41) is 20.5. The van der Waals surface area contributed by atoms with Crippen molar-refractivity contribution in [3.8, 4) is 0 Å². The van der Waals surface area contributed by atoms with E-state index in [2.05, 4.69) is 34.3 Å². The highest BCUT2D eigenvalue weighted by atomic mass is 16.3. The van der Waals surface area contributed by atoms with Gasteiger partial charge < -0.3 is 10.4 Å². The van der Waals surface area contributed by atoms with Crippen molar-refractivity contribution >= 4 is 0 Å². The maximum absolute atomic E-state index is 9.69. The van der Waals surface area contributed by atoms with Crippen LogP contribution in [0, 0.1) is 25.2 Å². The zero-order valence-corrected chi connectivity index (χ0v) is 13.3. The minimum Gasteiger partial charge on any atom is -0.396 e. The Hall–Kier alpha value is -0.910. The molecule has 0 aromatic carbocycles. The number of H-pyrrole nitrogens is 1. The van der Waals surface area contributed by atoms with E-state index in [1.165, 1.54) is 30.5 Å². The average molecular weight is 292 g/mol. The smallest absolute Gasteiger partial charge is 0.0639 e. The van der Waals surface area contributed by atoms with Gasteiger partial charge in [0.1, 0.15) is 0 Å². The predicted molar refractivity (Wildman–Crippen MR) is 83.1 cm³/mol. The van der Waals surface area contributed by atoms with Gasteiger partial charge in [0.25, 0.3) is 0 Å². The van der Waals surface area contributed by atoms with Crippen LogP contribution in [0.25, 0.3) is 0 Å². The molecule has 3 N–H and O–H groups in total. The molecule has 1 spiro atoms. The number of rotatable bonds is 3. The molecule has 1 aromatic rings. The number of likely N-dealkylation sites (tertiary alicyclic amines) is 1. The predicted octanol–water partition coefficient (Wildman–Crippen LogP) is 1.21. The molecule has 3 heterocycles. The summed E-state index contributed by atoms with van der Waals surface area (Å²) in [5.74, 6) is 0.436. The third-order valence-corrected chi connectivity index (χ3v) is 5.79. The maximum atomic E-state index is 9.69. The van der Waals surface area contributed by atoms with Gasteiger partial charge in [0.15, 0.2) is 0 Å². The quantitative estimate of drug-likeness (QED) is 0.783. The van der Waals surface area contributed by atoms with Crippen LogP contribution < -0.4 is 5.32 Å². The molecule has 0 bridgehead atoms. The Morgan fingerprint density at radius 3 is 2.67 bits per heavy atom. The van der Waals surface area contributed by atoms with E-state index in [9.17, 15) is 5.11 Å². The first-order valence-corrected chi connectivity index (χ1v) is 8.19. The molecule has 2 saturated heterocycles. The fourth-order valence-corrected chi connectivity index (χ4v) is 4.14. The molecular formula is C16H28N4O. The van der Waals surface area contributed by atoms with Crippen LogP contribution >= 0.6 is 0 Å². The molecule has 1 aromatic heterocycles. The van der Waals surface area contributed by atoms with Gasteiger partial charge in [0, 0.05) is 36.9 Å². The number of aromatic amines is 1. The zero-order chi connectivity index (χ0) is 14.9. The number of aryl methyl sites for hydroxylation is 2. The number of aromatic nitrogens is 2. The van der Waals surface area contributed by atoms with Crippen LogP contribution in [0.4, 0.5) is 0 Å². The fourth-order valence-electron chi connectivity index (χ4n) is 4.14. The lowest BCUT2D eigenvalue weighted by Crippen LogP contribution is -2.52. The third kappa shape index (κ3) is 2.87. The van der Waals surface area contributed by atoms with Gasteiger partial charge in [-0.3, -0.25) is 10.00 Å². The lowest BCUT2D eigenvalue weighted by atomic mass is 9.65. The Labute approximate surface area is 127 Å². The van der Waals surface area contributed by atoms with Crippen LogP contribution in [0.3, 0.4) is 0 Å². The van der Waals surface area contributed by atoms with E-state index in [-0.39, 0.29) is 0 Å². The first-order valence-electron chi connectivity index (χ1n) is 8.19. The van der Waals surface area contributed by atoms with Crippen molar-refractivity contribution in [1.82, 2.24) is 20.4 Å². The molecule has 21 heavy (non-hydrogen) atoms. The lowest BCUT2D eigenvalue weighted by molar-refractivity contribution is -0.00590. The van der Waals surface area contributed by atoms with Crippen LogP contribution in [0.2, 0.25) is 0 Å². The number of nitrogens with one attached hydrogen (secondary N) is 2. The molecule has 118 valence electrons.